The third kappa shape index (κ3) is 5.10. The van der Waals surface area contributed by atoms with E-state index in [0.717, 1.165) is 16.8 Å². The molecule has 2 amide bonds. The SMILES string of the molecule is Cc1ccccc1NC(=O)CSc1nnc2ccc(C(=O)NCc3ccccc3)cn12. The van der Waals surface area contributed by atoms with Gasteiger partial charge < -0.3 is 10.6 Å². The molecule has 0 unspecified atom stereocenters. The number of thioether (sulfide) groups is 1. The molecule has 4 aromatic rings. The van der Waals surface area contributed by atoms with Crippen LogP contribution in [-0.2, 0) is 11.3 Å². The van der Waals surface area contributed by atoms with Crippen molar-refractivity contribution in [3.8, 4) is 0 Å². The first-order valence-corrected chi connectivity index (χ1v) is 10.7. The Bertz CT molecular complexity index is 1220. The number of aryl methyl sites for hydroxylation is 1. The molecule has 0 aliphatic heterocycles. The smallest absolute Gasteiger partial charge is 0.253 e. The number of anilines is 1. The summed E-state index contributed by atoms with van der Waals surface area (Å²) < 4.78 is 1.73. The molecule has 8 heteroatoms. The summed E-state index contributed by atoms with van der Waals surface area (Å²) in [5, 5.41) is 14.6. The highest BCUT2D eigenvalue weighted by Gasteiger charge is 2.13. The molecule has 31 heavy (non-hydrogen) atoms. The Morgan fingerprint density at radius 2 is 1.74 bits per heavy atom. The molecule has 2 aromatic heterocycles. The number of nitrogens with zero attached hydrogens (tertiary/aromatic N) is 3. The van der Waals surface area contributed by atoms with Gasteiger partial charge in [0.2, 0.25) is 5.91 Å². The van der Waals surface area contributed by atoms with E-state index in [2.05, 4.69) is 20.8 Å². The summed E-state index contributed by atoms with van der Waals surface area (Å²) in [4.78, 5) is 24.9. The number of pyridine rings is 1. The average molecular weight is 432 g/mol. The summed E-state index contributed by atoms with van der Waals surface area (Å²) in [6, 6.07) is 20.8. The van der Waals surface area contributed by atoms with E-state index < -0.39 is 0 Å². The first-order chi connectivity index (χ1) is 15.1. The Kier molecular flexibility index (Phi) is 6.28. The molecule has 0 radical (unpaired) electrons. The van der Waals surface area contributed by atoms with E-state index in [1.54, 1.807) is 22.7 Å². The molecule has 7 nitrogen and oxygen atoms in total. The van der Waals surface area contributed by atoms with Gasteiger partial charge in [0.1, 0.15) is 0 Å². The van der Waals surface area contributed by atoms with E-state index in [1.165, 1.54) is 11.8 Å². The fourth-order valence-corrected chi connectivity index (χ4v) is 3.73. The van der Waals surface area contributed by atoms with Gasteiger partial charge in [-0.15, -0.1) is 10.2 Å². The summed E-state index contributed by atoms with van der Waals surface area (Å²) in [5.41, 5.74) is 3.92. The molecule has 2 aromatic carbocycles. The number of nitrogens with one attached hydrogen (secondary N) is 2. The number of hydrogen-bond donors (Lipinski definition) is 2. The van der Waals surface area contributed by atoms with E-state index in [1.807, 2.05) is 61.5 Å². The predicted octanol–water partition coefficient (Wildman–Crippen LogP) is 3.70. The minimum Gasteiger partial charge on any atom is -0.348 e. The van der Waals surface area contributed by atoms with E-state index >= 15 is 0 Å². The van der Waals surface area contributed by atoms with Crippen molar-refractivity contribution < 1.29 is 9.59 Å². The summed E-state index contributed by atoms with van der Waals surface area (Å²) >= 11 is 1.27. The number of amides is 2. The van der Waals surface area contributed by atoms with Gasteiger partial charge >= 0.3 is 0 Å². The van der Waals surface area contributed by atoms with Gasteiger partial charge in [-0.1, -0.05) is 60.3 Å². The standard InChI is InChI=1S/C23H21N5O2S/c1-16-7-5-6-10-19(16)25-21(29)15-31-23-27-26-20-12-11-18(14-28(20)23)22(30)24-13-17-8-3-2-4-9-17/h2-12,14H,13,15H2,1H3,(H,24,30)(H,25,29). The summed E-state index contributed by atoms with van der Waals surface area (Å²) in [7, 11) is 0. The van der Waals surface area contributed by atoms with Crippen molar-refractivity contribution >= 4 is 34.9 Å². The van der Waals surface area contributed by atoms with E-state index in [0.29, 0.717) is 22.9 Å². The number of para-hydroxylation sites is 1. The van der Waals surface area contributed by atoms with Crippen molar-refractivity contribution in [1.29, 1.82) is 0 Å². The molecule has 0 saturated carbocycles. The fourth-order valence-electron chi connectivity index (χ4n) is 3.01. The number of rotatable bonds is 7. The second-order valence-electron chi connectivity index (χ2n) is 6.95. The molecule has 4 rings (SSSR count). The highest BCUT2D eigenvalue weighted by molar-refractivity contribution is 7.99. The Morgan fingerprint density at radius 3 is 2.55 bits per heavy atom. The number of carbonyl (C=O) groups is 2. The fraction of sp³-hybridized carbons (Fsp3) is 0.130. The van der Waals surface area contributed by atoms with Crippen molar-refractivity contribution in [2.45, 2.75) is 18.6 Å². The van der Waals surface area contributed by atoms with Crippen LogP contribution in [-0.4, -0.2) is 32.2 Å². The third-order valence-corrected chi connectivity index (χ3v) is 5.62. The van der Waals surface area contributed by atoms with Crippen LogP contribution in [0.25, 0.3) is 5.65 Å². The van der Waals surface area contributed by atoms with Gasteiger partial charge in [0.15, 0.2) is 10.8 Å². The van der Waals surface area contributed by atoms with Crippen LogP contribution in [0.3, 0.4) is 0 Å². The first kappa shape index (κ1) is 20.6. The molecular formula is C23H21N5O2S. The number of carbonyl (C=O) groups excluding carboxylic acids is 2. The Morgan fingerprint density at radius 1 is 0.968 bits per heavy atom. The van der Waals surface area contributed by atoms with Gasteiger partial charge in [-0.2, -0.15) is 0 Å². The van der Waals surface area contributed by atoms with E-state index in [4.69, 9.17) is 0 Å². The zero-order chi connectivity index (χ0) is 21.6. The summed E-state index contributed by atoms with van der Waals surface area (Å²) in [6.45, 7) is 2.39. The van der Waals surface area contributed by atoms with Gasteiger partial charge in [-0.05, 0) is 36.2 Å². The van der Waals surface area contributed by atoms with E-state index in [9.17, 15) is 9.59 Å². The second-order valence-corrected chi connectivity index (χ2v) is 7.89. The molecule has 0 aliphatic rings. The van der Waals surface area contributed by atoms with Crippen LogP contribution in [0.15, 0.2) is 78.1 Å². The van der Waals surface area contributed by atoms with Gasteiger partial charge in [-0.25, -0.2) is 0 Å². The van der Waals surface area contributed by atoms with Gasteiger partial charge in [0.25, 0.3) is 5.91 Å². The maximum Gasteiger partial charge on any atom is 0.253 e. The molecule has 0 aliphatic carbocycles. The van der Waals surface area contributed by atoms with Gasteiger partial charge in [-0.3, -0.25) is 14.0 Å². The molecule has 0 fully saturated rings. The molecule has 2 heterocycles. The minimum absolute atomic E-state index is 0.132. The van der Waals surface area contributed by atoms with Crippen LogP contribution in [0.2, 0.25) is 0 Å². The van der Waals surface area contributed by atoms with Gasteiger partial charge in [0.05, 0.1) is 11.3 Å². The van der Waals surface area contributed by atoms with Crippen LogP contribution in [0.5, 0.6) is 0 Å². The lowest BCUT2D eigenvalue weighted by Crippen LogP contribution is -2.23. The van der Waals surface area contributed by atoms with Crippen LogP contribution >= 0.6 is 11.8 Å². The normalized spacial score (nSPS) is 10.7. The quantitative estimate of drug-likeness (QED) is 0.436. The zero-order valence-electron chi connectivity index (χ0n) is 16.9. The monoisotopic (exact) mass is 431 g/mol. The molecular weight excluding hydrogens is 410 g/mol. The second kappa shape index (κ2) is 9.44. The number of fused-ring (bicyclic) bond motifs is 1. The Hall–Kier alpha value is -3.65. The van der Waals surface area contributed by atoms with Crippen LogP contribution in [0, 0.1) is 6.92 Å². The van der Waals surface area contributed by atoms with Crippen molar-refractivity contribution in [3.63, 3.8) is 0 Å². The lowest BCUT2D eigenvalue weighted by atomic mass is 10.2. The molecule has 0 atom stereocenters. The van der Waals surface area contributed by atoms with E-state index in [-0.39, 0.29) is 17.6 Å². The topological polar surface area (TPSA) is 88.4 Å². The molecule has 0 bridgehead atoms. The predicted molar refractivity (Wildman–Crippen MR) is 121 cm³/mol. The minimum atomic E-state index is -0.187. The highest BCUT2D eigenvalue weighted by atomic mass is 32.2. The van der Waals surface area contributed by atoms with Crippen molar-refractivity contribution in [1.82, 2.24) is 19.9 Å². The lowest BCUT2D eigenvalue weighted by molar-refractivity contribution is -0.113. The maximum absolute atomic E-state index is 12.6. The summed E-state index contributed by atoms with van der Waals surface area (Å²) in [6.07, 6.45) is 1.69. The average Bonchev–Trinajstić information content (AvgIpc) is 3.20. The van der Waals surface area contributed by atoms with Crippen molar-refractivity contribution in [2.75, 3.05) is 11.1 Å². The third-order valence-electron chi connectivity index (χ3n) is 4.68. The Labute approximate surface area is 183 Å². The largest absolute Gasteiger partial charge is 0.348 e. The van der Waals surface area contributed by atoms with Crippen LogP contribution in [0.4, 0.5) is 5.69 Å². The molecule has 0 spiro atoms. The van der Waals surface area contributed by atoms with Crippen LogP contribution in [0.1, 0.15) is 21.5 Å². The number of benzene rings is 2. The first-order valence-electron chi connectivity index (χ1n) is 9.75. The zero-order valence-corrected chi connectivity index (χ0v) is 17.7. The van der Waals surface area contributed by atoms with Crippen molar-refractivity contribution in [3.05, 3.63) is 89.6 Å². The maximum atomic E-state index is 12.6. The molecule has 156 valence electrons. The van der Waals surface area contributed by atoms with Crippen molar-refractivity contribution in [2.24, 2.45) is 0 Å². The Balaban J connectivity index is 1.41. The molecule has 2 N–H and O–H groups in total. The number of hydrogen-bond acceptors (Lipinski definition) is 5. The lowest BCUT2D eigenvalue weighted by Gasteiger charge is -2.08. The number of aromatic nitrogens is 3. The highest BCUT2D eigenvalue weighted by Crippen LogP contribution is 2.19. The van der Waals surface area contributed by atoms with Gasteiger partial charge in [0, 0.05) is 18.4 Å². The molecule has 0 saturated heterocycles. The van der Waals surface area contributed by atoms with Crippen LogP contribution < -0.4 is 10.6 Å². The summed E-state index contributed by atoms with van der Waals surface area (Å²) in [5.74, 6) is -0.139.